The van der Waals surface area contributed by atoms with E-state index in [1.807, 2.05) is 52.8 Å². The Labute approximate surface area is 120 Å². The van der Waals surface area contributed by atoms with Gasteiger partial charge >= 0.3 is 13.1 Å². The maximum atomic E-state index is 11.3. The lowest BCUT2D eigenvalue weighted by molar-refractivity contribution is -0.131. The molecule has 1 heterocycles. The molecule has 1 aliphatic rings. The van der Waals surface area contributed by atoms with Crippen LogP contribution in [0.15, 0.2) is 18.2 Å². The van der Waals surface area contributed by atoms with Gasteiger partial charge in [0.2, 0.25) is 0 Å². The van der Waals surface area contributed by atoms with Crippen molar-refractivity contribution in [3.63, 3.8) is 0 Å². The molecule has 4 nitrogen and oxygen atoms in total. The van der Waals surface area contributed by atoms with Crippen LogP contribution in [0.2, 0.25) is 0 Å². The zero-order valence-corrected chi connectivity index (χ0v) is 12.9. The van der Waals surface area contributed by atoms with Crippen LogP contribution in [0.5, 0.6) is 5.75 Å². The average Bonchev–Trinajstić information content (AvgIpc) is 2.50. The third-order valence-corrected chi connectivity index (χ3v) is 4.00. The minimum atomic E-state index is -0.533. The second-order valence-electron chi connectivity index (χ2n) is 6.18. The summed E-state index contributed by atoms with van der Waals surface area (Å²) in [6.07, 6.45) is 0. The molecule has 0 radical (unpaired) electrons. The van der Waals surface area contributed by atoms with Crippen LogP contribution in [0.3, 0.4) is 0 Å². The normalized spacial score (nSPS) is 20.0. The van der Waals surface area contributed by atoms with E-state index in [2.05, 4.69) is 0 Å². The Balaban J connectivity index is 2.40. The highest BCUT2D eigenvalue weighted by Gasteiger charge is 2.52. The molecule has 0 aliphatic carbocycles. The molecule has 0 N–H and O–H groups in total. The third-order valence-electron chi connectivity index (χ3n) is 4.00. The van der Waals surface area contributed by atoms with Crippen LogP contribution in [0.25, 0.3) is 0 Å². The lowest BCUT2D eigenvalue weighted by Gasteiger charge is -2.32. The molecule has 0 aromatic heterocycles. The summed E-state index contributed by atoms with van der Waals surface area (Å²) in [6, 6.07) is 5.67. The van der Waals surface area contributed by atoms with E-state index < -0.39 is 18.3 Å². The van der Waals surface area contributed by atoms with Crippen molar-refractivity contribution in [2.75, 3.05) is 0 Å². The van der Waals surface area contributed by atoms with Gasteiger partial charge in [-0.1, -0.05) is 18.2 Å². The Kier molecular flexibility index (Phi) is 3.69. The van der Waals surface area contributed by atoms with Gasteiger partial charge in [0, 0.05) is 12.4 Å². The van der Waals surface area contributed by atoms with Gasteiger partial charge < -0.3 is 14.0 Å². The molecule has 2 rings (SSSR count). The first-order chi connectivity index (χ1) is 9.14. The second kappa shape index (κ2) is 4.90. The van der Waals surface area contributed by atoms with Crippen LogP contribution in [0, 0.1) is 6.92 Å². The van der Waals surface area contributed by atoms with Gasteiger partial charge in [-0.2, -0.15) is 0 Å². The number of para-hydroxylation sites is 1. The number of hydrogen-bond donors (Lipinski definition) is 0. The Morgan fingerprint density at radius 1 is 1.15 bits per heavy atom. The van der Waals surface area contributed by atoms with E-state index >= 15 is 0 Å². The van der Waals surface area contributed by atoms with Gasteiger partial charge in [0.15, 0.2) is 0 Å². The summed E-state index contributed by atoms with van der Waals surface area (Å²) in [5, 5.41) is 0. The van der Waals surface area contributed by atoms with E-state index in [-0.39, 0.29) is 5.97 Å². The fourth-order valence-corrected chi connectivity index (χ4v) is 2.11. The monoisotopic (exact) mass is 276 g/mol. The summed E-state index contributed by atoms with van der Waals surface area (Å²) in [5.41, 5.74) is 0.787. The number of hydrogen-bond acceptors (Lipinski definition) is 4. The fourth-order valence-electron chi connectivity index (χ4n) is 2.11. The van der Waals surface area contributed by atoms with E-state index in [1.54, 1.807) is 0 Å². The summed E-state index contributed by atoms with van der Waals surface area (Å²) in [5.74, 6) is 0.176. The van der Waals surface area contributed by atoms with Gasteiger partial charge in [-0.3, -0.25) is 4.79 Å². The number of carbonyl (C=O) groups excluding carboxylic acids is 1. The van der Waals surface area contributed by atoms with Crippen molar-refractivity contribution in [3.8, 4) is 5.75 Å². The Bertz CT molecular complexity index is 521. The molecule has 0 spiro atoms. The van der Waals surface area contributed by atoms with Crippen molar-refractivity contribution in [2.45, 2.75) is 52.7 Å². The van der Waals surface area contributed by atoms with Crippen molar-refractivity contribution in [1.82, 2.24) is 0 Å². The molecular weight excluding hydrogens is 255 g/mol. The van der Waals surface area contributed by atoms with E-state index in [1.165, 1.54) is 6.92 Å². The second-order valence-corrected chi connectivity index (χ2v) is 6.18. The van der Waals surface area contributed by atoms with Crippen molar-refractivity contribution in [2.24, 2.45) is 0 Å². The van der Waals surface area contributed by atoms with Crippen LogP contribution in [-0.2, 0) is 14.1 Å². The van der Waals surface area contributed by atoms with Gasteiger partial charge in [0.25, 0.3) is 0 Å². The molecule has 108 valence electrons. The Hall–Kier alpha value is -1.33. The molecule has 20 heavy (non-hydrogen) atoms. The highest BCUT2D eigenvalue weighted by molar-refractivity contribution is 6.63. The quantitative estimate of drug-likeness (QED) is 0.472. The number of rotatable bonds is 2. The van der Waals surface area contributed by atoms with Crippen LogP contribution in [0.1, 0.15) is 40.2 Å². The smallest absolute Gasteiger partial charge is 0.427 e. The maximum absolute atomic E-state index is 11.3. The van der Waals surface area contributed by atoms with Crippen LogP contribution in [0.4, 0.5) is 0 Å². The summed E-state index contributed by atoms with van der Waals surface area (Å²) >= 11 is 0. The first-order valence-electron chi connectivity index (χ1n) is 6.77. The fraction of sp³-hybridized carbons (Fsp3) is 0.533. The molecule has 0 amide bonds. The highest BCUT2D eigenvalue weighted by Crippen LogP contribution is 2.37. The molecule has 1 fully saturated rings. The van der Waals surface area contributed by atoms with Gasteiger partial charge in [0.1, 0.15) is 5.75 Å². The van der Waals surface area contributed by atoms with Crippen molar-refractivity contribution >= 4 is 18.6 Å². The summed E-state index contributed by atoms with van der Waals surface area (Å²) in [7, 11) is -0.533. The Morgan fingerprint density at radius 2 is 1.70 bits per heavy atom. The number of benzene rings is 1. The molecule has 0 atom stereocenters. The van der Waals surface area contributed by atoms with Crippen molar-refractivity contribution in [1.29, 1.82) is 0 Å². The first-order valence-corrected chi connectivity index (χ1v) is 6.77. The first kappa shape index (κ1) is 15.1. The maximum Gasteiger partial charge on any atom is 0.498 e. The molecule has 5 heteroatoms. The van der Waals surface area contributed by atoms with Gasteiger partial charge in [-0.15, -0.1) is 0 Å². The number of ether oxygens (including phenoxy) is 1. The molecule has 1 saturated heterocycles. The summed E-state index contributed by atoms with van der Waals surface area (Å²) in [6.45, 7) is 11.3. The molecule has 0 bridgehead atoms. The number of aryl methyl sites for hydroxylation is 1. The van der Waals surface area contributed by atoms with Crippen LogP contribution >= 0.6 is 0 Å². The minimum absolute atomic E-state index is 0.350. The molecule has 1 aromatic rings. The zero-order chi connectivity index (χ0) is 15.1. The standard InChI is InChI=1S/C15H21BO4/c1-10-8-7-9-12(13(10)18-11(2)17)16-19-14(3,4)15(5,6)20-16/h7-9H,1-6H3. The third kappa shape index (κ3) is 2.60. The zero-order valence-electron chi connectivity index (χ0n) is 12.9. The predicted molar refractivity (Wildman–Crippen MR) is 78.2 cm³/mol. The van der Waals surface area contributed by atoms with Gasteiger partial charge in [0.05, 0.1) is 11.2 Å². The van der Waals surface area contributed by atoms with Crippen molar-refractivity contribution < 1.29 is 18.8 Å². The molecular formula is C15H21BO4. The van der Waals surface area contributed by atoms with Crippen molar-refractivity contribution in [3.05, 3.63) is 23.8 Å². The molecule has 0 saturated carbocycles. The number of carbonyl (C=O) groups is 1. The van der Waals surface area contributed by atoms with E-state index in [4.69, 9.17) is 14.0 Å². The summed E-state index contributed by atoms with van der Waals surface area (Å²) < 4.78 is 17.4. The molecule has 0 unspecified atom stereocenters. The largest absolute Gasteiger partial charge is 0.498 e. The molecule has 1 aromatic carbocycles. The minimum Gasteiger partial charge on any atom is -0.427 e. The topological polar surface area (TPSA) is 44.8 Å². The molecule has 1 aliphatic heterocycles. The van der Waals surface area contributed by atoms with E-state index in [0.717, 1.165) is 11.0 Å². The predicted octanol–water partition coefficient (Wildman–Crippen LogP) is 2.22. The highest BCUT2D eigenvalue weighted by atomic mass is 16.7. The van der Waals surface area contributed by atoms with E-state index in [9.17, 15) is 4.79 Å². The van der Waals surface area contributed by atoms with Gasteiger partial charge in [-0.05, 0) is 40.2 Å². The lowest BCUT2D eigenvalue weighted by atomic mass is 9.77. The number of esters is 1. The SMILES string of the molecule is CC(=O)Oc1c(C)cccc1B1OC(C)(C)C(C)(C)O1. The van der Waals surface area contributed by atoms with Gasteiger partial charge in [-0.25, -0.2) is 0 Å². The van der Waals surface area contributed by atoms with Crippen LogP contribution < -0.4 is 10.2 Å². The lowest BCUT2D eigenvalue weighted by Crippen LogP contribution is -2.41. The Morgan fingerprint density at radius 3 is 2.20 bits per heavy atom. The van der Waals surface area contributed by atoms with E-state index in [0.29, 0.717) is 5.75 Å². The van der Waals surface area contributed by atoms with Crippen LogP contribution in [-0.4, -0.2) is 24.3 Å². The summed E-state index contributed by atoms with van der Waals surface area (Å²) in [4.78, 5) is 11.3. The average molecular weight is 276 g/mol.